The van der Waals surface area contributed by atoms with E-state index in [-0.39, 0.29) is 0 Å². The monoisotopic (exact) mass is 210 g/mol. The van der Waals surface area contributed by atoms with Crippen LogP contribution in [0.4, 0.5) is 0 Å². The minimum absolute atomic E-state index is 0.474. The molecule has 15 heavy (non-hydrogen) atoms. The summed E-state index contributed by atoms with van der Waals surface area (Å²) < 4.78 is 5.18. The van der Waals surface area contributed by atoms with E-state index in [1.54, 1.807) is 0 Å². The fraction of sp³-hybridized carbons (Fsp3) is 0.800. The number of hydrogen-bond donors (Lipinski definition) is 2. The van der Waals surface area contributed by atoms with Crippen molar-refractivity contribution < 1.29 is 4.52 Å². The molecule has 1 saturated heterocycles. The molecular weight excluding hydrogens is 192 g/mol. The zero-order valence-electron chi connectivity index (χ0n) is 8.91. The van der Waals surface area contributed by atoms with Crippen LogP contribution in [0.25, 0.3) is 0 Å². The highest BCUT2D eigenvalue weighted by molar-refractivity contribution is 4.97. The van der Waals surface area contributed by atoms with Crippen molar-refractivity contribution in [2.75, 3.05) is 19.6 Å². The molecular formula is C10H18N4O. The van der Waals surface area contributed by atoms with Crippen LogP contribution in [0.15, 0.2) is 4.52 Å². The summed E-state index contributed by atoms with van der Waals surface area (Å²) in [5, 5.41) is 7.36. The lowest BCUT2D eigenvalue weighted by Crippen LogP contribution is -2.27. The quantitative estimate of drug-likeness (QED) is 0.753. The second-order valence-corrected chi connectivity index (χ2v) is 3.96. The van der Waals surface area contributed by atoms with E-state index in [9.17, 15) is 0 Å². The highest BCUT2D eigenvalue weighted by Crippen LogP contribution is 2.22. The van der Waals surface area contributed by atoms with E-state index >= 15 is 0 Å². The van der Waals surface area contributed by atoms with Crippen LogP contribution in [-0.2, 0) is 6.42 Å². The van der Waals surface area contributed by atoms with Gasteiger partial charge in [0.05, 0.1) is 0 Å². The summed E-state index contributed by atoms with van der Waals surface area (Å²) in [5.41, 5.74) is 5.43. The van der Waals surface area contributed by atoms with Gasteiger partial charge in [-0.1, -0.05) is 5.16 Å². The van der Waals surface area contributed by atoms with Crippen molar-refractivity contribution in [1.29, 1.82) is 0 Å². The summed E-state index contributed by atoms with van der Waals surface area (Å²) in [6, 6.07) is 0. The van der Waals surface area contributed by atoms with Crippen LogP contribution in [0, 0.1) is 0 Å². The van der Waals surface area contributed by atoms with Crippen LogP contribution in [0.5, 0.6) is 0 Å². The fourth-order valence-electron chi connectivity index (χ4n) is 1.87. The van der Waals surface area contributed by atoms with Crippen molar-refractivity contribution in [3.05, 3.63) is 11.7 Å². The Bertz CT molecular complexity index is 293. The first-order valence-corrected chi connectivity index (χ1v) is 5.63. The molecule has 2 rings (SSSR count). The molecule has 1 aromatic rings. The Kier molecular flexibility index (Phi) is 3.69. The summed E-state index contributed by atoms with van der Waals surface area (Å²) in [7, 11) is 0. The largest absolute Gasteiger partial charge is 0.339 e. The number of nitrogens with two attached hydrogens (primary N) is 1. The Morgan fingerprint density at radius 1 is 1.40 bits per heavy atom. The molecule has 5 nitrogen and oxygen atoms in total. The Morgan fingerprint density at radius 2 is 2.20 bits per heavy atom. The molecule has 0 aliphatic carbocycles. The molecule has 2 heterocycles. The molecule has 1 aromatic heterocycles. The molecule has 0 saturated carbocycles. The molecule has 0 unspecified atom stereocenters. The third-order valence-electron chi connectivity index (χ3n) is 2.78. The van der Waals surface area contributed by atoms with Crippen molar-refractivity contribution in [1.82, 2.24) is 15.5 Å². The predicted molar refractivity (Wildman–Crippen MR) is 56.5 cm³/mol. The minimum Gasteiger partial charge on any atom is -0.339 e. The van der Waals surface area contributed by atoms with E-state index in [0.29, 0.717) is 12.5 Å². The molecule has 3 N–H and O–H groups in total. The van der Waals surface area contributed by atoms with Crippen LogP contribution in [0.2, 0.25) is 0 Å². The van der Waals surface area contributed by atoms with Gasteiger partial charge in [-0.15, -0.1) is 0 Å². The molecule has 1 fully saturated rings. The van der Waals surface area contributed by atoms with Gasteiger partial charge in [0, 0.05) is 12.3 Å². The van der Waals surface area contributed by atoms with Gasteiger partial charge in [0.1, 0.15) is 0 Å². The fourth-order valence-corrected chi connectivity index (χ4v) is 1.87. The van der Waals surface area contributed by atoms with Gasteiger partial charge in [-0.05, 0) is 38.9 Å². The normalized spacial score (nSPS) is 18.2. The Labute approximate surface area is 89.4 Å². The van der Waals surface area contributed by atoms with Crippen molar-refractivity contribution in [2.24, 2.45) is 5.73 Å². The molecule has 0 bridgehead atoms. The highest BCUT2D eigenvalue weighted by atomic mass is 16.5. The van der Waals surface area contributed by atoms with Gasteiger partial charge >= 0.3 is 0 Å². The first-order chi connectivity index (χ1) is 7.40. The Hall–Kier alpha value is -0.940. The average molecular weight is 210 g/mol. The zero-order valence-corrected chi connectivity index (χ0v) is 8.91. The van der Waals surface area contributed by atoms with E-state index in [4.69, 9.17) is 10.3 Å². The van der Waals surface area contributed by atoms with Crippen LogP contribution in [0.1, 0.15) is 36.9 Å². The number of piperidine rings is 1. The van der Waals surface area contributed by atoms with Gasteiger partial charge in [0.15, 0.2) is 5.82 Å². The van der Waals surface area contributed by atoms with Crippen LogP contribution in [0.3, 0.4) is 0 Å². The van der Waals surface area contributed by atoms with Gasteiger partial charge < -0.3 is 15.6 Å². The van der Waals surface area contributed by atoms with Gasteiger partial charge in [-0.25, -0.2) is 0 Å². The van der Waals surface area contributed by atoms with Gasteiger partial charge in [-0.3, -0.25) is 0 Å². The van der Waals surface area contributed by atoms with Crippen LogP contribution < -0.4 is 11.1 Å². The summed E-state index contributed by atoms with van der Waals surface area (Å²) >= 11 is 0. The number of aromatic nitrogens is 2. The molecule has 1 aliphatic heterocycles. The highest BCUT2D eigenvalue weighted by Gasteiger charge is 2.20. The first-order valence-electron chi connectivity index (χ1n) is 5.63. The van der Waals surface area contributed by atoms with E-state index in [1.165, 1.54) is 0 Å². The molecule has 84 valence electrons. The van der Waals surface area contributed by atoms with Crippen LogP contribution in [-0.4, -0.2) is 29.8 Å². The zero-order chi connectivity index (χ0) is 10.5. The van der Waals surface area contributed by atoms with Crippen molar-refractivity contribution in [2.45, 2.75) is 31.6 Å². The molecule has 0 aromatic carbocycles. The second kappa shape index (κ2) is 5.23. The molecule has 0 amide bonds. The Morgan fingerprint density at radius 3 is 2.93 bits per heavy atom. The number of aryl methyl sites for hydroxylation is 1. The summed E-state index contributed by atoms with van der Waals surface area (Å²) in [5.74, 6) is 2.08. The van der Waals surface area contributed by atoms with Gasteiger partial charge in [0.25, 0.3) is 0 Å². The molecule has 0 spiro atoms. The number of nitrogens with one attached hydrogen (secondary N) is 1. The van der Waals surface area contributed by atoms with Crippen molar-refractivity contribution in [3.8, 4) is 0 Å². The Balaban J connectivity index is 1.93. The molecule has 1 aliphatic rings. The lowest BCUT2D eigenvalue weighted by Gasteiger charge is -2.18. The predicted octanol–water partition coefficient (Wildman–Crippen LogP) is 0.428. The minimum atomic E-state index is 0.474. The maximum absolute atomic E-state index is 5.43. The maximum Gasteiger partial charge on any atom is 0.226 e. The van der Waals surface area contributed by atoms with Crippen LogP contribution >= 0.6 is 0 Å². The lowest BCUT2D eigenvalue weighted by atomic mass is 9.98. The van der Waals surface area contributed by atoms with E-state index in [1.807, 2.05) is 0 Å². The standard InChI is InChI=1S/C10H18N4O/c11-5-1-2-9-13-10(14-15-9)8-3-6-12-7-4-8/h8,12H,1-7,11H2. The lowest BCUT2D eigenvalue weighted by molar-refractivity contribution is 0.359. The SMILES string of the molecule is NCCCc1nc(C2CCNCC2)no1. The summed E-state index contributed by atoms with van der Waals surface area (Å²) in [6.07, 6.45) is 3.92. The van der Waals surface area contributed by atoms with Gasteiger partial charge in [-0.2, -0.15) is 4.98 Å². The average Bonchev–Trinajstić information content (AvgIpc) is 2.76. The number of hydrogen-bond acceptors (Lipinski definition) is 5. The molecule has 0 atom stereocenters. The summed E-state index contributed by atoms with van der Waals surface area (Å²) in [4.78, 5) is 4.41. The van der Waals surface area contributed by atoms with Gasteiger partial charge in [0.2, 0.25) is 5.89 Å². The summed E-state index contributed by atoms with van der Waals surface area (Å²) in [6.45, 7) is 2.78. The number of nitrogens with zero attached hydrogens (tertiary/aromatic N) is 2. The number of rotatable bonds is 4. The molecule has 0 radical (unpaired) electrons. The van der Waals surface area contributed by atoms with E-state index in [2.05, 4.69) is 15.5 Å². The third kappa shape index (κ3) is 2.76. The smallest absolute Gasteiger partial charge is 0.226 e. The maximum atomic E-state index is 5.43. The van der Waals surface area contributed by atoms with E-state index < -0.39 is 0 Å². The third-order valence-corrected chi connectivity index (χ3v) is 2.78. The topological polar surface area (TPSA) is 77.0 Å². The van der Waals surface area contributed by atoms with Crippen molar-refractivity contribution in [3.63, 3.8) is 0 Å². The van der Waals surface area contributed by atoms with Crippen molar-refractivity contribution >= 4 is 0 Å². The molecule has 5 heteroatoms. The first kappa shape index (κ1) is 10.6. The second-order valence-electron chi connectivity index (χ2n) is 3.96. The van der Waals surface area contributed by atoms with E-state index in [0.717, 1.165) is 50.5 Å².